The molecule has 2 aromatic heterocycles. The van der Waals surface area contributed by atoms with Crippen LogP contribution in [0.15, 0.2) is 115 Å². The van der Waals surface area contributed by atoms with Gasteiger partial charge in [0.05, 0.1) is 16.6 Å². The van der Waals surface area contributed by atoms with Gasteiger partial charge in [-0.25, -0.2) is 9.97 Å². The highest BCUT2D eigenvalue weighted by molar-refractivity contribution is 6.10. The molecule has 0 saturated carbocycles. The molecule has 3 heteroatoms. The highest BCUT2D eigenvalue weighted by Gasteiger charge is 2.35. The van der Waals surface area contributed by atoms with Crippen molar-refractivity contribution in [1.29, 1.82) is 0 Å². The lowest BCUT2D eigenvalue weighted by molar-refractivity contribution is 0.660. The van der Waals surface area contributed by atoms with Crippen LogP contribution >= 0.6 is 0 Å². The van der Waals surface area contributed by atoms with E-state index in [4.69, 9.17) is 9.97 Å². The topological polar surface area (TPSA) is 30.7 Å². The summed E-state index contributed by atoms with van der Waals surface area (Å²) in [6.45, 7) is 4.62. The lowest BCUT2D eigenvalue weighted by Crippen LogP contribution is -2.15. The van der Waals surface area contributed by atoms with Gasteiger partial charge < -0.3 is 0 Å². The zero-order valence-corrected chi connectivity index (χ0v) is 21.3. The first-order valence-electron chi connectivity index (χ1n) is 13.1. The highest BCUT2D eigenvalue weighted by Crippen LogP contribution is 2.49. The number of hydrogen-bond acceptors (Lipinski definition) is 2. The number of aromatic nitrogens is 3. The maximum absolute atomic E-state index is 5.29. The molecule has 0 atom stereocenters. The first-order valence-corrected chi connectivity index (χ1v) is 13.1. The van der Waals surface area contributed by atoms with E-state index in [1.165, 1.54) is 33.0 Å². The molecule has 0 aliphatic heterocycles. The zero-order chi connectivity index (χ0) is 25.4. The van der Waals surface area contributed by atoms with Crippen LogP contribution in [0.1, 0.15) is 25.0 Å². The Bertz CT molecular complexity index is 2010. The third-order valence-corrected chi connectivity index (χ3v) is 8.22. The van der Waals surface area contributed by atoms with E-state index in [9.17, 15) is 0 Å². The minimum atomic E-state index is -0.0750. The van der Waals surface area contributed by atoms with Crippen molar-refractivity contribution in [2.45, 2.75) is 19.3 Å². The second-order valence-electron chi connectivity index (χ2n) is 10.7. The first kappa shape index (κ1) is 21.3. The molecule has 5 aromatic carbocycles. The lowest BCUT2D eigenvalue weighted by Gasteiger charge is -2.22. The second-order valence-corrected chi connectivity index (χ2v) is 10.7. The predicted octanol–water partition coefficient (Wildman–Crippen LogP) is 8.70. The average Bonchev–Trinajstić information content (AvgIpc) is 3.42. The van der Waals surface area contributed by atoms with E-state index in [1.807, 2.05) is 0 Å². The van der Waals surface area contributed by atoms with E-state index < -0.39 is 0 Å². The molecule has 0 fully saturated rings. The van der Waals surface area contributed by atoms with Crippen LogP contribution in [0.3, 0.4) is 0 Å². The molecule has 1 aliphatic carbocycles. The third-order valence-electron chi connectivity index (χ3n) is 8.22. The van der Waals surface area contributed by atoms with Gasteiger partial charge in [-0.3, -0.25) is 4.57 Å². The first-order chi connectivity index (χ1) is 18.6. The number of fused-ring (bicyclic) bond motifs is 7. The van der Waals surface area contributed by atoms with E-state index in [0.29, 0.717) is 0 Å². The van der Waals surface area contributed by atoms with Crippen LogP contribution in [0.4, 0.5) is 0 Å². The Morgan fingerprint density at radius 2 is 1.16 bits per heavy atom. The molecule has 8 rings (SSSR count). The SMILES string of the molecule is CC1(C)c2ccccc2-c2ccc(-c3nc(-n4c5ccccc5c5ccccc54)c4ccccc4n3)cc21. The van der Waals surface area contributed by atoms with Crippen LogP contribution in [-0.4, -0.2) is 14.5 Å². The Morgan fingerprint density at radius 1 is 0.553 bits per heavy atom. The van der Waals surface area contributed by atoms with Gasteiger partial charge in [0.25, 0.3) is 0 Å². The highest BCUT2D eigenvalue weighted by atomic mass is 15.1. The quantitative estimate of drug-likeness (QED) is 0.244. The zero-order valence-electron chi connectivity index (χ0n) is 21.3. The van der Waals surface area contributed by atoms with Gasteiger partial charge in [-0.1, -0.05) is 98.8 Å². The third kappa shape index (κ3) is 2.84. The maximum atomic E-state index is 5.29. The fourth-order valence-electron chi connectivity index (χ4n) is 6.35. The Labute approximate surface area is 221 Å². The predicted molar refractivity (Wildman–Crippen MR) is 157 cm³/mol. The molecule has 0 spiro atoms. The largest absolute Gasteiger partial charge is 0.293 e. The number of rotatable bonds is 2. The number of hydrogen-bond donors (Lipinski definition) is 0. The molecule has 0 saturated heterocycles. The van der Waals surface area contributed by atoms with E-state index in [0.717, 1.165) is 39.1 Å². The molecule has 1 aliphatic rings. The lowest BCUT2D eigenvalue weighted by atomic mass is 9.82. The van der Waals surface area contributed by atoms with Gasteiger partial charge in [-0.15, -0.1) is 0 Å². The summed E-state index contributed by atoms with van der Waals surface area (Å²) in [5, 5.41) is 3.49. The van der Waals surface area contributed by atoms with Crippen LogP contribution in [0.2, 0.25) is 0 Å². The van der Waals surface area contributed by atoms with E-state index >= 15 is 0 Å². The second kappa shape index (κ2) is 7.62. The molecule has 0 unspecified atom stereocenters. The molecule has 2 heterocycles. The summed E-state index contributed by atoms with van der Waals surface area (Å²) in [5.74, 6) is 1.65. The van der Waals surface area contributed by atoms with Gasteiger partial charge in [0.1, 0.15) is 5.82 Å². The molecule has 0 bridgehead atoms. The fourth-order valence-corrected chi connectivity index (χ4v) is 6.35. The Kier molecular flexibility index (Phi) is 4.28. The molecular formula is C35H25N3. The minimum Gasteiger partial charge on any atom is -0.293 e. The summed E-state index contributed by atoms with van der Waals surface area (Å²) < 4.78 is 2.30. The molecule has 0 radical (unpaired) electrons. The van der Waals surface area contributed by atoms with Gasteiger partial charge in [0, 0.05) is 27.1 Å². The van der Waals surface area contributed by atoms with Crippen LogP contribution < -0.4 is 0 Å². The van der Waals surface area contributed by atoms with Crippen molar-refractivity contribution in [3.63, 3.8) is 0 Å². The number of nitrogens with zero attached hydrogens (tertiary/aromatic N) is 3. The molecule has 180 valence electrons. The number of benzene rings is 5. The van der Waals surface area contributed by atoms with Crippen LogP contribution in [0.5, 0.6) is 0 Å². The van der Waals surface area contributed by atoms with E-state index in [2.05, 4.69) is 134 Å². The van der Waals surface area contributed by atoms with Gasteiger partial charge in [0.2, 0.25) is 0 Å². The molecule has 0 N–H and O–H groups in total. The van der Waals surface area contributed by atoms with Crippen molar-refractivity contribution in [3.8, 4) is 28.3 Å². The molecule has 3 nitrogen and oxygen atoms in total. The van der Waals surface area contributed by atoms with E-state index in [-0.39, 0.29) is 5.41 Å². The van der Waals surface area contributed by atoms with Crippen molar-refractivity contribution in [1.82, 2.24) is 14.5 Å². The summed E-state index contributed by atoms with van der Waals surface area (Å²) in [5.41, 5.74) is 9.53. The average molecular weight is 488 g/mol. The van der Waals surface area contributed by atoms with Crippen molar-refractivity contribution < 1.29 is 0 Å². The van der Waals surface area contributed by atoms with Crippen LogP contribution in [0.25, 0.3) is 61.0 Å². The van der Waals surface area contributed by atoms with Gasteiger partial charge >= 0.3 is 0 Å². The van der Waals surface area contributed by atoms with E-state index in [1.54, 1.807) is 0 Å². The summed E-state index contributed by atoms with van der Waals surface area (Å²) in [6, 6.07) is 41.0. The fraction of sp³-hybridized carbons (Fsp3) is 0.0857. The summed E-state index contributed by atoms with van der Waals surface area (Å²) in [4.78, 5) is 10.4. The van der Waals surface area contributed by atoms with Crippen LogP contribution in [-0.2, 0) is 5.41 Å². The smallest absolute Gasteiger partial charge is 0.162 e. The standard InChI is InChI=1S/C35H25N3/c1-35(2)28-15-7-3-11-23(28)24-20-19-22(21-29(24)35)33-36-30-16-8-4-14-27(30)34(37-33)38-31-17-9-5-12-25(31)26-13-6-10-18-32(26)38/h3-21H,1-2H3. The summed E-state index contributed by atoms with van der Waals surface area (Å²) >= 11 is 0. The van der Waals surface area contributed by atoms with Crippen molar-refractivity contribution in [2.24, 2.45) is 0 Å². The molecule has 7 aromatic rings. The number of para-hydroxylation sites is 3. The Morgan fingerprint density at radius 3 is 1.92 bits per heavy atom. The molecule has 38 heavy (non-hydrogen) atoms. The van der Waals surface area contributed by atoms with Crippen molar-refractivity contribution >= 4 is 32.7 Å². The molecular weight excluding hydrogens is 462 g/mol. The van der Waals surface area contributed by atoms with Gasteiger partial charge in [0.15, 0.2) is 5.82 Å². The summed E-state index contributed by atoms with van der Waals surface area (Å²) in [7, 11) is 0. The van der Waals surface area contributed by atoms with Gasteiger partial charge in [-0.2, -0.15) is 0 Å². The Hall–Kier alpha value is -4.76. The maximum Gasteiger partial charge on any atom is 0.162 e. The van der Waals surface area contributed by atoms with Crippen LogP contribution in [0, 0.1) is 0 Å². The molecule has 0 amide bonds. The van der Waals surface area contributed by atoms with Crippen molar-refractivity contribution in [2.75, 3.05) is 0 Å². The monoisotopic (exact) mass is 487 g/mol. The normalized spacial score (nSPS) is 13.7. The minimum absolute atomic E-state index is 0.0750. The van der Waals surface area contributed by atoms with Gasteiger partial charge in [-0.05, 0) is 52.6 Å². The Balaban J connectivity index is 1.41. The van der Waals surface area contributed by atoms with Crippen molar-refractivity contribution in [3.05, 3.63) is 126 Å². The summed E-state index contributed by atoms with van der Waals surface area (Å²) in [6.07, 6.45) is 0.